The van der Waals surface area contributed by atoms with Crippen molar-refractivity contribution in [2.24, 2.45) is 0 Å². The number of halogens is 1. The van der Waals surface area contributed by atoms with Crippen molar-refractivity contribution in [3.63, 3.8) is 0 Å². The van der Waals surface area contributed by atoms with Gasteiger partial charge in [0.2, 0.25) is 5.79 Å². The molecule has 0 saturated carbocycles. The van der Waals surface area contributed by atoms with Crippen molar-refractivity contribution < 1.29 is 59.4 Å². The summed E-state index contributed by atoms with van der Waals surface area (Å²) in [5.74, 6) is -2.23. The summed E-state index contributed by atoms with van der Waals surface area (Å²) in [7, 11) is 0. The second-order valence-corrected chi connectivity index (χ2v) is 7.36. The summed E-state index contributed by atoms with van der Waals surface area (Å²) in [5, 5.41) is 69.3. The fourth-order valence-corrected chi connectivity index (χ4v) is 3.34. The predicted molar refractivity (Wildman–Crippen MR) is 86.9 cm³/mol. The number of ether oxygens (including phenoxy) is 5. The Morgan fingerprint density at radius 2 is 1.68 bits per heavy atom. The second kappa shape index (κ2) is 8.89. The quantitative estimate of drug-likeness (QED) is 0.144. The summed E-state index contributed by atoms with van der Waals surface area (Å²) in [5.41, 5.74) is -0.802. The number of alkyl halides is 1. The van der Waals surface area contributed by atoms with E-state index in [9.17, 15) is 35.7 Å². The summed E-state index contributed by atoms with van der Waals surface area (Å²) in [6.45, 7) is -1.49. The van der Waals surface area contributed by atoms with Gasteiger partial charge in [-0.2, -0.15) is 0 Å². The van der Waals surface area contributed by atoms with Crippen molar-refractivity contribution in [1.82, 2.24) is 0 Å². The Morgan fingerprint density at radius 1 is 1.00 bits per heavy atom. The number of aliphatic hydroxyl groups excluding tert-OH is 7. The normalized spacial score (nSPS) is 49.9. The fourth-order valence-electron chi connectivity index (χ4n) is 3.12. The Labute approximate surface area is 164 Å². The van der Waals surface area contributed by atoms with Crippen LogP contribution >= 0.6 is 11.6 Å². The Hall–Kier alpha value is -0.190. The highest BCUT2D eigenvalue weighted by Crippen LogP contribution is 2.36. The first-order chi connectivity index (χ1) is 13.2. The van der Waals surface area contributed by atoms with Gasteiger partial charge in [-0.3, -0.25) is 0 Å². The van der Waals surface area contributed by atoms with E-state index in [1.807, 2.05) is 0 Å². The molecule has 3 aliphatic heterocycles. The van der Waals surface area contributed by atoms with Crippen LogP contribution in [0.4, 0.5) is 0 Å². The van der Waals surface area contributed by atoms with Crippen LogP contribution in [0.15, 0.2) is 0 Å². The topological polar surface area (TPSA) is 191 Å². The summed E-state index contributed by atoms with van der Waals surface area (Å²) in [6, 6.07) is 0. The first-order valence-electron chi connectivity index (χ1n) is 8.74. The minimum absolute atomic E-state index is 0.281. The average molecular weight is 433 g/mol. The van der Waals surface area contributed by atoms with Crippen LogP contribution < -0.4 is 0 Å². The van der Waals surface area contributed by atoms with Gasteiger partial charge < -0.3 is 59.4 Å². The number of hydrogen-bond donors (Lipinski definition) is 7. The molecule has 3 saturated heterocycles. The highest BCUT2D eigenvalue weighted by Gasteiger charge is 2.58. The highest BCUT2D eigenvalue weighted by molar-refractivity contribution is 6.20. The molecule has 0 aliphatic carbocycles. The molecule has 2 unspecified atom stereocenters. The van der Waals surface area contributed by atoms with E-state index < -0.39 is 73.6 Å². The first-order valence-corrected chi connectivity index (χ1v) is 9.18. The molecule has 7 N–H and O–H groups in total. The van der Waals surface area contributed by atoms with Gasteiger partial charge in [-0.1, -0.05) is 11.6 Å². The van der Waals surface area contributed by atoms with Crippen LogP contribution in [0.5, 0.6) is 0 Å². The fraction of sp³-hybridized carbons (Fsp3) is 1.00. The standard InChI is InChI=1S/C15H25ClO12/c16-13(7-3-24-7)25-2-6-8(19)10(21)11(22)14(26-6)28-15(4-18)12(23)9(20)5(1-17)27-15/h5-14,17-23H,1-4H2/t5-,6-,7?,8-,9-,10+,11-,12+,13?,14-,15+/m1/s1. The molecule has 13 heteroatoms. The molecule has 0 amide bonds. The average Bonchev–Trinajstić information content (AvgIpc) is 3.51. The molecule has 3 fully saturated rings. The monoisotopic (exact) mass is 432 g/mol. The minimum atomic E-state index is -2.23. The largest absolute Gasteiger partial charge is 0.394 e. The molecule has 28 heavy (non-hydrogen) atoms. The van der Waals surface area contributed by atoms with Crippen molar-refractivity contribution in [2.75, 3.05) is 26.4 Å². The predicted octanol–water partition coefficient (Wildman–Crippen LogP) is -4.41. The molecule has 3 heterocycles. The van der Waals surface area contributed by atoms with Crippen LogP contribution in [-0.4, -0.2) is 129 Å². The van der Waals surface area contributed by atoms with E-state index >= 15 is 0 Å². The van der Waals surface area contributed by atoms with Gasteiger partial charge in [-0.25, -0.2) is 0 Å². The van der Waals surface area contributed by atoms with Crippen LogP contribution in [0.1, 0.15) is 0 Å². The van der Waals surface area contributed by atoms with E-state index in [-0.39, 0.29) is 12.7 Å². The Morgan fingerprint density at radius 3 is 2.21 bits per heavy atom. The summed E-state index contributed by atoms with van der Waals surface area (Å²) in [4.78, 5) is 0. The molecule has 0 aromatic rings. The molecule has 0 bridgehead atoms. The summed E-state index contributed by atoms with van der Waals surface area (Å²) >= 11 is 5.93. The van der Waals surface area contributed by atoms with E-state index in [2.05, 4.69) is 0 Å². The lowest BCUT2D eigenvalue weighted by atomic mass is 9.99. The van der Waals surface area contributed by atoms with Crippen molar-refractivity contribution in [3.05, 3.63) is 0 Å². The van der Waals surface area contributed by atoms with Crippen LogP contribution in [0.25, 0.3) is 0 Å². The van der Waals surface area contributed by atoms with Crippen LogP contribution in [-0.2, 0) is 23.7 Å². The van der Waals surface area contributed by atoms with Crippen LogP contribution in [0, 0.1) is 0 Å². The zero-order chi connectivity index (χ0) is 20.6. The highest BCUT2D eigenvalue weighted by atomic mass is 35.5. The maximum absolute atomic E-state index is 10.2. The summed E-state index contributed by atoms with van der Waals surface area (Å²) < 4.78 is 26.3. The number of hydrogen-bond acceptors (Lipinski definition) is 12. The first kappa shape index (κ1) is 22.5. The van der Waals surface area contributed by atoms with Gasteiger partial charge in [0.25, 0.3) is 0 Å². The molecule has 0 aromatic heterocycles. The van der Waals surface area contributed by atoms with Crippen molar-refractivity contribution in [1.29, 1.82) is 0 Å². The number of epoxide rings is 1. The van der Waals surface area contributed by atoms with E-state index in [1.54, 1.807) is 0 Å². The third-order valence-corrected chi connectivity index (χ3v) is 5.37. The SMILES string of the molecule is OC[C@H]1O[C@@](CO)(O[C@H]2O[C@H](COC(Cl)C3CO3)[C@@H](O)[C@H](O)[C@H]2O)[C@@H](O)[C@@H]1O. The van der Waals surface area contributed by atoms with E-state index in [4.69, 9.17) is 35.3 Å². The number of rotatable bonds is 8. The lowest BCUT2D eigenvalue weighted by Gasteiger charge is -2.43. The van der Waals surface area contributed by atoms with E-state index in [1.165, 1.54) is 0 Å². The van der Waals surface area contributed by atoms with Gasteiger partial charge in [-0.15, -0.1) is 0 Å². The minimum Gasteiger partial charge on any atom is -0.394 e. The lowest BCUT2D eigenvalue weighted by molar-refractivity contribution is -0.384. The van der Waals surface area contributed by atoms with Gasteiger partial charge in [0.1, 0.15) is 55.4 Å². The Balaban J connectivity index is 1.68. The van der Waals surface area contributed by atoms with Gasteiger partial charge in [0, 0.05) is 0 Å². The number of aliphatic hydroxyl groups is 7. The molecule has 0 spiro atoms. The van der Waals surface area contributed by atoms with Gasteiger partial charge in [0.15, 0.2) is 11.9 Å². The molecule has 0 aromatic carbocycles. The molecule has 0 radical (unpaired) electrons. The van der Waals surface area contributed by atoms with E-state index in [0.29, 0.717) is 6.61 Å². The van der Waals surface area contributed by atoms with Crippen LogP contribution in [0.3, 0.4) is 0 Å². The second-order valence-electron chi connectivity index (χ2n) is 6.93. The molecule has 3 aliphatic rings. The van der Waals surface area contributed by atoms with Crippen LogP contribution in [0.2, 0.25) is 0 Å². The van der Waals surface area contributed by atoms with Gasteiger partial charge in [-0.05, 0) is 0 Å². The Bertz CT molecular complexity index is 523. The molecular formula is C15H25ClO12. The van der Waals surface area contributed by atoms with E-state index in [0.717, 1.165) is 0 Å². The van der Waals surface area contributed by atoms with Crippen molar-refractivity contribution in [3.8, 4) is 0 Å². The zero-order valence-electron chi connectivity index (χ0n) is 14.7. The van der Waals surface area contributed by atoms with Gasteiger partial charge >= 0.3 is 0 Å². The maximum Gasteiger partial charge on any atom is 0.224 e. The molecule has 3 rings (SSSR count). The van der Waals surface area contributed by atoms with Gasteiger partial charge in [0.05, 0.1) is 19.8 Å². The Kier molecular flexibility index (Phi) is 7.15. The molecular weight excluding hydrogens is 408 g/mol. The van der Waals surface area contributed by atoms with Crippen molar-refractivity contribution >= 4 is 11.6 Å². The zero-order valence-corrected chi connectivity index (χ0v) is 15.4. The molecule has 164 valence electrons. The smallest absolute Gasteiger partial charge is 0.224 e. The third kappa shape index (κ3) is 4.30. The lowest BCUT2D eigenvalue weighted by Crippen LogP contribution is -2.63. The molecule has 12 nitrogen and oxygen atoms in total. The third-order valence-electron chi connectivity index (χ3n) is 4.96. The maximum atomic E-state index is 10.2. The summed E-state index contributed by atoms with van der Waals surface area (Å²) in [6.07, 6.45) is -12.8. The van der Waals surface area contributed by atoms with Crippen molar-refractivity contribution in [2.45, 2.75) is 66.5 Å². The molecule has 11 atom stereocenters.